The average molecular weight is 196 g/mol. The number of hydrogen-bond donors (Lipinski definition) is 1. The molecule has 0 radical (unpaired) electrons. The van der Waals surface area contributed by atoms with Crippen LogP contribution in [0.3, 0.4) is 0 Å². The van der Waals surface area contributed by atoms with E-state index in [9.17, 15) is 9.90 Å². The van der Waals surface area contributed by atoms with Crippen LogP contribution in [0.25, 0.3) is 0 Å². The van der Waals surface area contributed by atoms with Crippen LogP contribution in [0.2, 0.25) is 0 Å². The molecule has 1 heterocycles. The van der Waals surface area contributed by atoms with Crippen LogP contribution in [0, 0.1) is 17.2 Å². The van der Waals surface area contributed by atoms with Gasteiger partial charge < -0.3 is 10.0 Å². The normalized spacial score (nSPS) is 23.2. The number of aliphatic hydroxyl groups is 1. The molecule has 0 aromatic carbocycles. The summed E-state index contributed by atoms with van der Waals surface area (Å²) in [4.78, 5) is 13.3. The summed E-state index contributed by atoms with van der Waals surface area (Å²) in [5, 5.41) is 18.0. The minimum atomic E-state index is -0.523. The summed E-state index contributed by atoms with van der Waals surface area (Å²) >= 11 is 0. The quantitative estimate of drug-likeness (QED) is 0.715. The monoisotopic (exact) mass is 196 g/mol. The standard InChI is InChI=1S/C10H16N2O2/c1-2-3-8(6-11)10(14)12-5-4-9(13)7-12/h8-9,13H,2-5,7H2,1H3/t8?,9-/m1/s1. The lowest BCUT2D eigenvalue weighted by Crippen LogP contribution is -2.34. The Morgan fingerprint density at radius 2 is 2.50 bits per heavy atom. The van der Waals surface area contributed by atoms with Crippen LogP contribution in [0.1, 0.15) is 26.2 Å². The van der Waals surface area contributed by atoms with E-state index in [1.807, 2.05) is 13.0 Å². The number of nitrogens with zero attached hydrogens (tertiary/aromatic N) is 2. The van der Waals surface area contributed by atoms with Crippen molar-refractivity contribution < 1.29 is 9.90 Å². The van der Waals surface area contributed by atoms with Gasteiger partial charge in [-0.3, -0.25) is 4.79 Å². The molecule has 14 heavy (non-hydrogen) atoms. The van der Waals surface area contributed by atoms with E-state index < -0.39 is 12.0 Å². The van der Waals surface area contributed by atoms with Crippen molar-refractivity contribution in [1.29, 1.82) is 5.26 Å². The van der Waals surface area contributed by atoms with E-state index in [1.165, 1.54) is 0 Å². The first-order chi connectivity index (χ1) is 6.69. The topological polar surface area (TPSA) is 64.3 Å². The predicted molar refractivity (Wildman–Crippen MR) is 51.2 cm³/mol. The average Bonchev–Trinajstić information content (AvgIpc) is 2.60. The molecule has 0 bridgehead atoms. The zero-order valence-electron chi connectivity index (χ0n) is 8.44. The molecule has 0 aromatic heterocycles. The summed E-state index contributed by atoms with van der Waals surface area (Å²) in [6.07, 6.45) is 1.68. The highest BCUT2D eigenvalue weighted by molar-refractivity contribution is 5.81. The number of hydrogen-bond acceptors (Lipinski definition) is 3. The van der Waals surface area contributed by atoms with Crippen LogP contribution in [0.15, 0.2) is 0 Å². The van der Waals surface area contributed by atoms with Gasteiger partial charge in [0.2, 0.25) is 5.91 Å². The molecule has 1 aliphatic rings. The van der Waals surface area contributed by atoms with Gasteiger partial charge >= 0.3 is 0 Å². The third-order valence-electron chi connectivity index (χ3n) is 2.51. The Labute approximate surface area is 84.1 Å². The third-order valence-corrected chi connectivity index (χ3v) is 2.51. The van der Waals surface area contributed by atoms with Gasteiger partial charge in [0.15, 0.2) is 0 Å². The Balaban J connectivity index is 2.51. The summed E-state index contributed by atoms with van der Waals surface area (Å²) in [7, 11) is 0. The zero-order valence-corrected chi connectivity index (χ0v) is 8.44. The Bertz CT molecular complexity index is 247. The molecule has 0 saturated carbocycles. The van der Waals surface area contributed by atoms with Crippen molar-refractivity contribution in [2.24, 2.45) is 5.92 Å². The lowest BCUT2D eigenvalue weighted by atomic mass is 10.0. The van der Waals surface area contributed by atoms with Crippen molar-refractivity contribution in [2.45, 2.75) is 32.3 Å². The zero-order chi connectivity index (χ0) is 10.6. The van der Waals surface area contributed by atoms with Crippen molar-refractivity contribution in [3.63, 3.8) is 0 Å². The molecule has 1 rings (SSSR count). The fraction of sp³-hybridized carbons (Fsp3) is 0.800. The van der Waals surface area contributed by atoms with E-state index in [4.69, 9.17) is 5.26 Å². The van der Waals surface area contributed by atoms with E-state index in [1.54, 1.807) is 4.90 Å². The van der Waals surface area contributed by atoms with Gasteiger partial charge in [-0.05, 0) is 12.8 Å². The number of carbonyl (C=O) groups is 1. The number of rotatable bonds is 3. The number of carbonyl (C=O) groups excluding carboxylic acids is 1. The van der Waals surface area contributed by atoms with Gasteiger partial charge in [-0.25, -0.2) is 0 Å². The van der Waals surface area contributed by atoms with Crippen LogP contribution in [0.4, 0.5) is 0 Å². The fourth-order valence-corrected chi connectivity index (χ4v) is 1.69. The number of nitriles is 1. The highest BCUT2D eigenvalue weighted by atomic mass is 16.3. The highest BCUT2D eigenvalue weighted by Crippen LogP contribution is 2.15. The van der Waals surface area contributed by atoms with Crippen molar-refractivity contribution >= 4 is 5.91 Å². The molecular weight excluding hydrogens is 180 g/mol. The Hall–Kier alpha value is -1.08. The van der Waals surface area contributed by atoms with Gasteiger partial charge in [0.1, 0.15) is 5.92 Å². The molecule has 1 unspecified atom stereocenters. The van der Waals surface area contributed by atoms with Crippen LogP contribution in [-0.4, -0.2) is 35.1 Å². The second-order valence-corrected chi connectivity index (χ2v) is 3.70. The Kier molecular flexibility index (Phi) is 3.90. The minimum Gasteiger partial charge on any atom is -0.391 e. The summed E-state index contributed by atoms with van der Waals surface area (Å²) < 4.78 is 0. The van der Waals surface area contributed by atoms with Gasteiger partial charge in [-0.1, -0.05) is 13.3 Å². The Morgan fingerprint density at radius 1 is 1.79 bits per heavy atom. The lowest BCUT2D eigenvalue weighted by Gasteiger charge is -2.18. The second-order valence-electron chi connectivity index (χ2n) is 3.70. The van der Waals surface area contributed by atoms with E-state index in [0.29, 0.717) is 25.9 Å². The molecule has 4 heteroatoms. The molecule has 1 N–H and O–H groups in total. The second kappa shape index (κ2) is 4.97. The van der Waals surface area contributed by atoms with Crippen molar-refractivity contribution in [3.05, 3.63) is 0 Å². The molecule has 1 amide bonds. The number of β-amino-alcohol motifs (C(OH)–C–C–N with tert-alkyl or cyclic N) is 1. The van der Waals surface area contributed by atoms with Gasteiger partial charge in [-0.2, -0.15) is 5.26 Å². The molecular formula is C10H16N2O2. The van der Waals surface area contributed by atoms with Crippen LogP contribution in [0.5, 0.6) is 0 Å². The molecule has 1 aliphatic heterocycles. The van der Waals surface area contributed by atoms with E-state index in [0.717, 1.165) is 6.42 Å². The van der Waals surface area contributed by atoms with Crippen molar-refractivity contribution in [1.82, 2.24) is 4.90 Å². The van der Waals surface area contributed by atoms with E-state index in [2.05, 4.69) is 0 Å². The van der Waals surface area contributed by atoms with Crippen LogP contribution >= 0.6 is 0 Å². The first kappa shape index (κ1) is 11.0. The molecule has 2 atom stereocenters. The Morgan fingerprint density at radius 3 is 2.93 bits per heavy atom. The van der Waals surface area contributed by atoms with Crippen LogP contribution < -0.4 is 0 Å². The number of amides is 1. The van der Waals surface area contributed by atoms with E-state index in [-0.39, 0.29) is 5.91 Å². The maximum Gasteiger partial charge on any atom is 0.240 e. The molecule has 0 aromatic rings. The SMILES string of the molecule is CCCC(C#N)C(=O)N1CC[C@@H](O)C1. The highest BCUT2D eigenvalue weighted by Gasteiger charge is 2.29. The first-order valence-corrected chi connectivity index (χ1v) is 5.05. The lowest BCUT2D eigenvalue weighted by molar-refractivity contribution is -0.133. The van der Waals surface area contributed by atoms with Crippen LogP contribution in [-0.2, 0) is 4.79 Å². The maximum absolute atomic E-state index is 11.7. The van der Waals surface area contributed by atoms with Gasteiger partial charge in [-0.15, -0.1) is 0 Å². The van der Waals surface area contributed by atoms with Gasteiger partial charge in [0.05, 0.1) is 12.2 Å². The number of aliphatic hydroxyl groups excluding tert-OH is 1. The molecule has 0 spiro atoms. The van der Waals surface area contributed by atoms with Crippen molar-refractivity contribution in [2.75, 3.05) is 13.1 Å². The fourth-order valence-electron chi connectivity index (χ4n) is 1.69. The van der Waals surface area contributed by atoms with Gasteiger partial charge in [0, 0.05) is 13.1 Å². The minimum absolute atomic E-state index is 0.120. The largest absolute Gasteiger partial charge is 0.391 e. The first-order valence-electron chi connectivity index (χ1n) is 5.05. The summed E-state index contributed by atoms with van der Waals surface area (Å²) in [5.74, 6) is -0.642. The van der Waals surface area contributed by atoms with Gasteiger partial charge in [0.25, 0.3) is 0 Å². The summed E-state index contributed by atoms with van der Waals surface area (Å²) in [5.41, 5.74) is 0. The van der Waals surface area contributed by atoms with E-state index >= 15 is 0 Å². The molecule has 4 nitrogen and oxygen atoms in total. The molecule has 1 saturated heterocycles. The summed E-state index contributed by atoms with van der Waals surface area (Å²) in [6.45, 7) is 2.93. The number of likely N-dealkylation sites (tertiary alicyclic amines) is 1. The third kappa shape index (κ3) is 2.46. The maximum atomic E-state index is 11.7. The smallest absolute Gasteiger partial charge is 0.240 e. The molecule has 0 aliphatic carbocycles. The van der Waals surface area contributed by atoms with Crippen molar-refractivity contribution in [3.8, 4) is 6.07 Å². The predicted octanol–water partition coefficient (Wildman–Crippen LogP) is 0.519. The molecule has 78 valence electrons. The molecule has 1 fully saturated rings. The summed E-state index contributed by atoms with van der Waals surface area (Å²) in [6, 6.07) is 2.02.